The quantitative estimate of drug-likeness (QED) is 0.394. The number of carboxylic acids is 4. The van der Waals surface area contributed by atoms with Gasteiger partial charge in [-0.3, -0.25) is 29.0 Å². The zero-order valence-corrected chi connectivity index (χ0v) is 15.9. The molecule has 0 spiro atoms. The third-order valence-electron chi connectivity index (χ3n) is 4.63. The molecule has 0 bridgehead atoms. The van der Waals surface area contributed by atoms with E-state index < -0.39 is 47.0 Å². The van der Waals surface area contributed by atoms with Crippen molar-refractivity contribution in [2.24, 2.45) is 0 Å². The highest BCUT2D eigenvalue weighted by Crippen LogP contribution is 2.27. The first-order chi connectivity index (χ1) is 11.5. The summed E-state index contributed by atoms with van der Waals surface area (Å²) in [5.41, 5.74) is -4.70. The molecule has 0 aliphatic rings. The summed E-state index contributed by atoms with van der Waals surface area (Å²) < 4.78 is 0. The summed E-state index contributed by atoms with van der Waals surface area (Å²) in [5.74, 6) is -5.01. The summed E-state index contributed by atoms with van der Waals surface area (Å²) in [7, 11) is 0. The van der Waals surface area contributed by atoms with Crippen LogP contribution in [0.1, 0.15) is 41.5 Å². The molecule has 0 saturated carbocycles. The zero-order chi connectivity index (χ0) is 21.1. The molecule has 0 atom stereocenters. The summed E-state index contributed by atoms with van der Waals surface area (Å²) in [6, 6.07) is 0. The molecule has 0 aromatic rings. The molecule has 150 valence electrons. The molecule has 26 heavy (non-hydrogen) atoms. The molecule has 0 aromatic carbocycles. The van der Waals surface area contributed by atoms with Gasteiger partial charge in [-0.1, -0.05) is 0 Å². The Morgan fingerprint density at radius 3 is 1.27 bits per heavy atom. The van der Waals surface area contributed by atoms with E-state index in [1.165, 1.54) is 46.4 Å². The van der Waals surface area contributed by atoms with Gasteiger partial charge in [0, 0.05) is 13.1 Å². The summed E-state index contributed by atoms with van der Waals surface area (Å²) in [6.07, 6.45) is 0. The van der Waals surface area contributed by atoms with E-state index in [4.69, 9.17) is 5.11 Å². The lowest BCUT2D eigenvalue weighted by atomic mass is 9.92. The van der Waals surface area contributed by atoms with Gasteiger partial charge in [0.15, 0.2) is 0 Å². The standard InChI is InChI=1S/C16H28N2O8/c1-14(2,11(21)22)17(9-10(19)20)7-8-18(15(3,4)12(23)24)16(5,6)13(25)26/h7-9H2,1-6H3,(H,19,20)(H,21,22)(H,23,24)(H,25,26). The fourth-order valence-electron chi connectivity index (χ4n) is 2.56. The maximum absolute atomic E-state index is 11.6. The lowest BCUT2D eigenvalue weighted by molar-refractivity contribution is -0.166. The molecular formula is C16H28N2O8. The van der Waals surface area contributed by atoms with Crippen molar-refractivity contribution in [1.29, 1.82) is 0 Å². The molecule has 10 nitrogen and oxygen atoms in total. The fourth-order valence-corrected chi connectivity index (χ4v) is 2.56. The molecule has 0 aliphatic heterocycles. The third kappa shape index (κ3) is 5.15. The van der Waals surface area contributed by atoms with Crippen molar-refractivity contribution in [3.63, 3.8) is 0 Å². The van der Waals surface area contributed by atoms with Gasteiger partial charge in [-0.15, -0.1) is 0 Å². The van der Waals surface area contributed by atoms with E-state index in [-0.39, 0.29) is 13.1 Å². The second-order valence-electron chi connectivity index (χ2n) is 7.56. The molecule has 0 aliphatic carbocycles. The van der Waals surface area contributed by atoms with Crippen LogP contribution in [0.3, 0.4) is 0 Å². The van der Waals surface area contributed by atoms with Crippen LogP contribution in [0, 0.1) is 0 Å². The minimum Gasteiger partial charge on any atom is -0.480 e. The van der Waals surface area contributed by atoms with Gasteiger partial charge in [0.05, 0.1) is 6.54 Å². The molecule has 0 aromatic heterocycles. The van der Waals surface area contributed by atoms with Crippen molar-refractivity contribution in [3.8, 4) is 0 Å². The van der Waals surface area contributed by atoms with Crippen LogP contribution in [0.2, 0.25) is 0 Å². The second kappa shape index (κ2) is 8.00. The molecule has 0 unspecified atom stereocenters. The molecule has 0 heterocycles. The minimum atomic E-state index is -1.58. The van der Waals surface area contributed by atoms with Crippen molar-refractivity contribution in [2.75, 3.05) is 19.6 Å². The Labute approximate surface area is 152 Å². The van der Waals surface area contributed by atoms with Crippen LogP contribution < -0.4 is 0 Å². The van der Waals surface area contributed by atoms with Gasteiger partial charge in [-0.05, 0) is 41.5 Å². The summed E-state index contributed by atoms with van der Waals surface area (Å²) >= 11 is 0. The highest BCUT2D eigenvalue weighted by atomic mass is 16.4. The van der Waals surface area contributed by atoms with Crippen molar-refractivity contribution < 1.29 is 39.6 Å². The SMILES string of the molecule is CC(C)(C(=O)O)N(CCN(C(C)(C)C(=O)O)C(C)(C)C(=O)O)CC(=O)O. The normalized spacial score (nSPS) is 13.1. The second-order valence-corrected chi connectivity index (χ2v) is 7.56. The molecule has 0 amide bonds. The lowest BCUT2D eigenvalue weighted by Crippen LogP contribution is -2.64. The highest BCUT2D eigenvalue weighted by molar-refractivity contribution is 5.82. The van der Waals surface area contributed by atoms with Gasteiger partial charge >= 0.3 is 23.9 Å². The fraction of sp³-hybridized carbons (Fsp3) is 0.750. The number of carboxylic acid groups (broad SMARTS) is 4. The van der Waals surface area contributed by atoms with Crippen molar-refractivity contribution in [2.45, 2.75) is 58.2 Å². The predicted octanol–water partition coefficient (Wildman–Crippen LogP) is 0.265. The average Bonchev–Trinajstić information content (AvgIpc) is 2.44. The van der Waals surface area contributed by atoms with Gasteiger partial charge in [-0.25, -0.2) is 0 Å². The van der Waals surface area contributed by atoms with Crippen molar-refractivity contribution >= 4 is 23.9 Å². The molecular weight excluding hydrogens is 348 g/mol. The monoisotopic (exact) mass is 376 g/mol. The summed E-state index contributed by atoms with van der Waals surface area (Å²) in [5, 5.41) is 37.4. The van der Waals surface area contributed by atoms with Gasteiger partial charge in [0.2, 0.25) is 0 Å². The maximum Gasteiger partial charge on any atom is 0.323 e. The van der Waals surface area contributed by atoms with Gasteiger partial charge in [0.25, 0.3) is 0 Å². The van der Waals surface area contributed by atoms with Gasteiger partial charge in [0.1, 0.15) is 16.6 Å². The van der Waals surface area contributed by atoms with Crippen LogP contribution >= 0.6 is 0 Å². The maximum atomic E-state index is 11.6. The lowest BCUT2D eigenvalue weighted by Gasteiger charge is -2.45. The molecule has 0 rings (SSSR count). The van der Waals surface area contributed by atoms with Gasteiger partial charge < -0.3 is 20.4 Å². The molecule has 10 heteroatoms. The number of hydrogen-bond donors (Lipinski definition) is 4. The largest absolute Gasteiger partial charge is 0.480 e. The Hall–Kier alpha value is -2.20. The minimum absolute atomic E-state index is 0.154. The molecule has 0 radical (unpaired) electrons. The Kier molecular flexibility index (Phi) is 7.32. The van der Waals surface area contributed by atoms with E-state index >= 15 is 0 Å². The topological polar surface area (TPSA) is 156 Å². The number of aliphatic carboxylic acids is 4. The van der Waals surface area contributed by atoms with E-state index in [2.05, 4.69) is 0 Å². The average molecular weight is 376 g/mol. The highest BCUT2D eigenvalue weighted by Gasteiger charge is 2.47. The van der Waals surface area contributed by atoms with E-state index in [0.717, 1.165) is 4.90 Å². The Bertz CT molecular complexity index is 557. The Morgan fingerprint density at radius 1 is 0.654 bits per heavy atom. The van der Waals surface area contributed by atoms with E-state index in [9.17, 15) is 34.5 Å². The van der Waals surface area contributed by atoms with Crippen molar-refractivity contribution in [1.82, 2.24) is 9.80 Å². The van der Waals surface area contributed by atoms with Crippen molar-refractivity contribution in [3.05, 3.63) is 0 Å². The summed E-state index contributed by atoms with van der Waals surface area (Å²) in [4.78, 5) is 48.2. The van der Waals surface area contributed by atoms with Crippen LogP contribution in [-0.4, -0.2) is 90.4 Å². The smallest absolute Gasteiger partial charge is 0.323 e. The number of carbonyl (C=O) groups is 4. The Balaban J connectivity index is 5.83. The van der Waals surface area contributed by atoms with Crippen LogP contribution in [0.5, 0.6) is 0 Å². The van der Waals surface area contributed by atoms with E-state index in [1.54, 1.807) is 0 Å². The van der Waals surface area contributed by atoms with Crippen LogP contribution in [-0.2, 0) is 19.2 Å². The molecule has 0 fully saturated rings. The first-order valence-corrected chi connectivity index (χ1v) is 7.93. The Morgan fingerprint density at radius 2 is 1.00 bits per heavy atom. The number of hydrogen-bond acceptors (Lipinski definition) is 6. The zero-order valence-electron chi connectivity index (χ0n) is 15.9. The number of nitrogens with zero attached hydrogens (tertiary/aromatic N) is 2. The van der Waals surface area contributed by atoms with Crippen LogP contribution in [0.25, 0.3) is 0 Å². The van der Waals surface area contributed by atoms with Crippen LogP contribution in [0.15, 0.2) is 0 Å². The van der Waals surface area contributed by atoms with Crippen LogP contribution in [0.4, 0.5) is 0 Å². The summed E-state index contributed by atoms with van der Waals surface area (Å²) in [6.45, 7) is 7.10. The molecule has 0 saturated heterocycles. The first-order valence-electron chi connectivity index (χ1n) is 7.93. The predicted molar refractivity (Wildman–Crippen MR) is 91.1 cm³/mol. The van der Waals surface area contributed by atoms with Gasteiger partial charge in [-0.2, -0.15) is 0 Å². The molecule has 4 N–H and O–H groups in total. The third-order valence-corrected chi connectivity index (χ3v) is 4.63. The first kappa shape index (κ1) is 23.8. The van der Waals surface area contributed by atoms with E-state index in [1.807, 2.05) is 0 Å². The number of rotatable bonds is 11. The van der Waals surface area contributed by atoms with E-state index in [0.29, 0.717) is 0 Å².